The molecule has 0 atom stereocenters. The Hall–Kier alpha value is -2.13. The van der Waals surface area contributed by atoms with E-state index >= 15 is 0 Å². The lowest BCUT2D eigenvalue weighted by atomic mass is 9.85. The highest BCUT2D eigenvalue weighted by Gasteiger charge is 2.14. The first-order valence-corrected chi connectivity index (χ1v) is 8.05. The minimum absolute atomic E-state index is 0.0322. The van der Waals surface area contributed by atoms with Gasteiger partial charge in [0.05, 0.1) is 0 Å². The van der Waals surface area contributed by atoms with Gasteiger partial charge in [-0.05, 0) is 41.3 Å². The van der Waals surface area contributed by atoms with E-state index in [0.29, 0.717) is 12.1 Å². The molecule has 2 aromatic rings. The smallest absolute Gasteiger partial charge is 0.251 e. The van der Waals surface area contributed by atoms with E-state index in [9.17, 15) is 4.79 Å². The third-order valence-electron chi connectivity index (χ3n) is 3.87. The summed E-state index contributed by atoms with van der Waals surface area (Å²) in [4.78, 5) is 12.0. The van der Waals surface area contributed by atoms with Gasteiger partial charge < -0.3 is 10.6 Å². The molecule has 0 aliphatic carbocycles. The average molecular weight is 310 g/mol. The van der Waals surface area contributed by atoms with Crippen LogP contribution < -0.4 is 10.6 Å². The van der Waals surface area contributed by atoms with Crippen LogP contribution in [0.3, 0.4) is 0 Å². The van der Waals surface area contributed by atoms with Crippen LogP contribution in [0, 0.1) is 0 Å². The second-order valence-corrected chi connectivity index (χ2v) is 6.77. The largest absolute Gasteiger partial charge is 0.351 e. The predicted octanol–water partition coefficient (Wildman–Crippen LogP) is 3.60. The topological polar surface area (TPSA) is 41.1 Å². The summed E-state index contributed by atoms with van der Waals surface area (Å²) in [5, 5.41) is 5.89. The third kappa shape index (κ3) is 4.67. The van der Waals surface area contributed by atoms with Gasteiger partial charge in [0.2, 0.25) is 0 Å². The van der Waals surface area contributed by atoms with Crippen molar-refractivity contribution in [2.24, 2.45) is 0 Å². The van der Waals surface area contributed by atoms with E-state index in [2.05, 4.69) is 55.7 Å². The Morgan fingerprint density at radius 1 is 0.957 bits per heavy atom. The van der Waals surface area contributed by atoms with Crippen molar-refractivity contribution >= 4 is 5.91 Å². The highest BCUT2D eigenvalue weighted by atomic mass is 16.1. The second-order valence-electron chi connectivity index (χ2n) is 6.77. The van der Waals surface area contributed by atoms with Crippen molar-refractivity contribution < 1.29 is 4.79 Å². The molecular weight excluding hydrogens is 284 g/mol. The Labute approximate surface area is 139 Å². The van der Waals surface area contributed by atoms with Gasteiger partial charge >= 0.3 is 0 Å². The van der Waals surface area contributed by atoms with Crippen molar-refractivity contribution in [2.75, 3.05) is 20.1 Å². The van der Waals surface area contributed by atoms with Crippen molar-refractivity contribution in [2.45, 2.75) is 26.2 Å². The minimum Gasteiger partial charge on any atom is -0.351 e. The fraction of sp³-hybridized carbons (Fsp3) is 0.350. The Balaban J connectivity index is 2.15. The van der Waals surface area contributed by atoms with Gasteiger partial charge in [-0.25, -0.2) is 0 Å². The molecule has 0 aliphatic heterocycles. The molecule has 0 saturated heterocycles. The fourth-order valence-electron chi connectivity index (χ4n) is 2.38. The summed E-state index contributed by atoms with van der Waals surface area (Å²) in [5.41, 5.74) is 4.44. The van der Waals surface area contributed by atoms with Crippen LogP contribution in [0.1, 0.15) is 36.7 Å². The van der Waals surface area contributed by atoms with Gasteiger partial charge in [-0.3, -0.25) is 4.79 Å². The van der Waals surface area contributed by atoms with E-state index in [-0.39, 0.29) is 11.3 Å². The molecule has 0 aliphatic rings. The van der Waals surface area contributed by atoms with Crippen molar-refractivity contribution in [1.29, 1.82) is 0 Å². The predicted molar refractivity (Wildman–Crippen MR) is 96.8 cm³/mol. The van der Waals surface area contributed by atoms with Crippen LogP contribution in [0.2, 0.25) is 0 Å². The Morgan fingerprint density at radius 3 is 2.26 bits per heavy atom. The van der Waals surface area contributed by atoms with Crippen LogP contribution in [0.4, 0.5) is 0 Å². The molecule has 0 fully saturated rings. The van der Waals surface area contributed by atoms with Crippen LogP contribution in [0.15, 0.2) is 48.5 Å². The molecule has 2 rings (SSSR count). The molecule has 3 nitrogen and oxygen atoms in total. The highest BCUT2D eigenvalue weighted by molar-refractivity contribution is 5.94. The van der Waals surface area contributed by atoms with Crippen LogP contribution in [-0.4, -0.2) is 26.0 Å². The second kappa shape index (κ2) is 7.42. The Morgan fingerprint density at radius 2 is 1.65 bits per heavy atom. The van der Waals surface area contributed by atoms with E-state index in [1.807, 2.05) is 31.3 Å². The Kier molecular flexibility index (Phi) is 5.56. The maximum Gasteiger partial charge on any atom is 0.251 e. The van der Waals surface area contributed by atoms with Crippen LogP contribution >= 0.6 is 0 Å². The molecular formula is C20H26N2O. The lowest BCUT2D eigenvalue weighted by molar-refractivity contribution is 0.0954. The maximum atomic E-state index is 12.0. The van der Waals surface area contributed by atoms with Crippen LogP contribution in [0.5, 0.6) is 0 Å². The lowest BCUT2D eigenvalue weighted by Crippen LogP contribution is -2.30. The van der Waals surface area contributed by atoms with E-state index in [4.69, 9.17) is 0 Å². The van der Waals surface area contributed by atoms with E-state index in [0.717, 1.165) is 12.1 Å². The summed E-state index contributed by atoms with van der Waals surface area (Å²) in [5.74, 6) is -0.0322. The molecule has 0 saturated carbocycles. The molecule has 0 aromatic heterocycles. The van der Waals surface area contributed by atoms with E-state index in [1.165, 1.54) is 11.1 Å². The monoisotopic (exact) mass is 310 g/mol. The highest BCUT2D eigenvalue weighted by Crippen LogP contribution is 2.27. The SMILES string of the molecule is CNCCNC(=O)c1ccc(-c2cccc(C(C)(C)C)c2)cc1. The molecule has 0 heterocycles. The van der Waals surface area contributed by atoms with Crippen molar-refractivity contribution in [3.8, 4) is 11.1 Å². The van der Waals surface area contributed by atoms with Crippen LogP contribution in [-0.2, 0) is 5.41 Å². The van der Waals surface area contributed by atoms with E-state index in [1.54, 1.807) is 0 Å². The van der Waals surface area contributed by atoms with Gasteiger partial charge in [0.15, 0.2) is 0 Å². The van der Waals surface area contributed by atoms with Crippen molar-refractivity contribution in [3.05, 3.63) is 59.7 Å². The number of hydrogen-bond acceptors (Lipinski definition) is 2. The average Bonchev–Trinajstić information content (AvgIpc) is 2.54. The van der Waals surface area contributed by atoms with E-state index < -0.39 is 0 Å². The first kappa shape index (κ1) is 17.2. The summed E-state index contributed by atoms with van der Waals surface area (Å²) < 4.78 is 0. The molecule has 2 N–H and O–H groups in total. The summed E-state index contributed by atoms with van der Waals surface area (Å²) in [6.07, 6.45) is 0. The summed E-state index contributed by atoms with van der Waals surface area (Å²) >= 11 is 0. The zero-order chi connectivity index (χ0) is 16.9. The normalized spacial score (nSPS) is 11.3. The van der Waals surface area contributed by atoms with Gasteiger partial charge in [-0.15, -0.1) is 0 Å². The zero-order valence-corrected chi connectivity index (χ0v) is 14.4. The lowest BCUT2D eigenvalue weighted by Gasteiger charge is -2.19. The number of nitrogens with one attached hydrogen (secondary N) is 2. The van der Waals surface area contributed by atoms with Gasteiger partial charge in [-0.1, -0.05) is 57.2 Å². The molecule has 0 spiro atoms. The fourth-order valence-corrected chi connectivity index (χ4v) is 2.38. The summed E-state index contributed by atoms with van der Waals surface area (Å²) in [6.45, 7) is 8.04. The van der Waals surface area contributed by atoms with Crippen LogP contribution in [0.25, 0.3) is 11.1 Å². The molecule has 3 heteroatoms. The van der Waals surface area contributed by atoms with Crippen molar-refractivity contribution in [1.82, 2.24) is 10.6 Å². The number of benzene rings is 2. The minimum atomic E-state index is -0.0322. The number of carbonyl (C=O) groups is 1. The molecule has 0 radical (unpaired) electrons. The number of hydrogen-bond donors (Lipinski definition) is 2. The zero-order valence-electron chi connectivity index (χ0n) is 14.4. The Bertz CT molecular complexity index is 654. The molecule has 1 amide bonds. The van der Waals surface area contributed by atoms with Crippen molar-refractivity contribution in [3.63, 3.8) is 0 Å². The maximum absolute atomic E-state index is 12.0. The van der Waals surface area contributed by atoms with Gasteiger partial charge in [0.1, 0.15) is 0 Å². The molecule has 2 aromatic carbocycles. The van der Waals surface area contributed by atoms with Gasteiger partial charge in [-0.2, -0.15) is 0 Å². The quantitative estimate of drug-likeness (QED) is 0.829. The number of likely N-dealkylation sites (N-methyl/N-ethyl adjacent to an activating group) is 1. The standard InChI is InChI=1S/C20H26N2O/c1-20(2,3)18-7-5-6-17(14-18)15-8-10-16(11-9-15)19(23)22-13-12-21-4/h5-11,14,21H,12-13H2,1-4H3,(H,22,23). The molecule has 23 heavy (non-hydrogen) atoms. The van der Waals surface area contributed by atoms with Gasteiger partial charge in [0.25, 0.3) is 5.91 Å². The molecule has 0 bridgehead atoms. The third-order valence-corrected chi connectivity index (χ3v) is 3.87. The first-order chi connectivity index (χ1) is 10.9. The number of amides is 1. The number of carbonyl (C=O) groups excluding carboxylic acids is 1. The van der Waals surface area contributed by atoms with Gasteiger partial charge in [0, 0.05) is 18.7 Å². The molecule has 0 unspecified atom stereocenters. The first-order valence-electron chi connectivity index (χ1n) is 8.05. The number of rotatable bonds is 5. The summed E-state index contributed by atoms with van der Waals surface area (Å²) in [6, 6.07) is 16.4. The summed E-state index contributed by atoms with van der Waals surface area (Å²) in [7, 11) is 1.87. The molecule has 122 valence electrons.